The van der Waals surface area contributed by atoms with E-state index in [2.05, 4.69) is 4.74 Å². The Labute approximate surface area is 83.3 Å². The summed E-state index contributed by atoms with van der Waals surface area (Å²) in [7, 11) is 0. The van der Waals surface area contributed by atoms with Gasteiger partial charge >= 0.3 is 5.72 Å². The second-order valence-corrected chi connectivity index (χ2v) is 3.19. The highest BCUT2D eigenvalue weighted by Crippen LogP contribution is 2.28. The fourth-order valence-corrected chi connectivity index (χ4v) is 1.30. The molecule has 9 heteroatoms. The lowest BCUT2D eigenvalue weighted by Crippen LogP contribution is -2.69. The maximum absolute atomic E-state index is 10.4. The van der Waals surface area contributed by atoms with Crippen LogP contribution >= 0.6 is 0 Å². The van der Waals surface area contributed by atoms with Gasteiger partial charge in [0.25, 0.3) is 6.29 Å². The van der Waals surface area contributed by atoms with Gasteiger partial charge in [-0.25, -0.2) is 0 Å². The predicted molar refractivity (Wildman–Crippen MR) is 41.9 cm³/mol. The molecule has 1 aliphatic rings. The van der Waals surface area contributed by atoms with Crippen molar-refractivity contribution in [3.63, 3.8) is 0 Å². The molecule has 0 aromatic carbocycles. The molecule has 5 atom stereocenters. The fourth-order valence-electron chi connectivity index (χ4n) is 1.30. The number of ether oxygens (including phenoxy) is 1. The van der Waals surface area contributed by atoms with Crippen molar-refractivity contribution < 1.29 is 35.2 Å². The summed E-state index contributed by atoms with van der Waals surface area (Å²) >= 11 is 0. The number of rotatable bonds is 2. The minimum absolute atomic E-state index is 0.761. The Balaban J connectivity index is 2.98. The van der Waals surface area contributed by atoms with E-state index in [1.54, 1.807) is 0 Å². The minimum atomic E-state index is -3.20. The normalized spacial score (nSPS) is 46.5. The second-order valence-electron chi connectivity index (χ2n) is 3.19. The van der Waals surface area contributed by atoms with Gasteiger partial charge in [0.2, 0.25) is 0 Å². The zero-order chi connectivity index (χ0) is 11.8. The molecule has 1 heterocycles. The van der Waals surface area contributed by atoms with Crippen LogP contribution in [0.25, 0.3) is 0 Å². The molecule has 1 aliphatic heterocycles. The van der Waals surface area contributed by atoms with Gasteiger partial charge in [-0.1, -0.05) is 0 Å². The highest BCUT2D eigenvalue weighted by molar-refractivity contribution is 4.93. The topological polar surface area (TPSA) is 154 Å². The van der Waals surface area contributed by atoms with Crippen molar-refractivity contribution in [2.24, 2.45) is 0 Å². The predicted octanol–water partition coefficient (Wildman–Crippen LogP) is -3.62. The van der Waals surface area contributed by atoms with Gasteiger partial charge in [0.15, 0.2) is 6.10 Å². The maximum atomic E-state index is 10.4. The van der Waals surface area contributed by atoms with Crippen molar-refractivity contribution in [3.8, 4) is 0 Å². The summed E-state index contributed by atoms with van der Waals surface area (Å²) in [5.41, 5.74) is -3.20. The monoisotopic (exact) mass is 225 g/mol. The molecule has 0 aromatic rings. The summed E-state index contributed by atoms with van der Waals surface area (Å²) in [6.45, 7) is -0.761. The standard InChI is InChI=1S/C6H11NO8/c8-1-2-3(9)4(10)6(12,7(13)14)5(11)15-2/h2-5,8-12H,1H2/t2-,3+,4+,5-,6-/m1/s1. The van der Waals surface area contributed by atoms with Crippen molar-refractivity contribution >= 4 is 0 Å². The van der Waals surface area contributed by atoms with E-state index in [0.29, 0.717) is 0 Å². The molecule has 15 heavy (non-hydrogen) atoms. The molecule has 1 fully saturated rings. The Morgan fingerprint density at radius 1 is 1.40 bits per heavy atom. The first-order chi connectivity index (χ1) is 6.85. The van der Waals surface area contributed by atoms with E-state index in [0.717, 1.165) is 0 Å². The number of aliphatic hydroxyl groups excluding tert-OH is 4. The van der Waals surface area contributed by atoms with E-state index in [1.165, 1.54) is 0 Å². The molecule has 0 unspecified atom stereocenters. The van der Waals surface area contributed by atoms with E-state index < -0.39 is 41.9 Å². The number of hydrogen-bond donors (Lipinski definition) is 5. The van der Waals surface area contributed by atoms with Crippen LogP contribution in [0.15, 0.2) is 0 Å². The molecule has 0 aliphatic carbocycles. The number of hydrogen-bond acceptors (Lipinski definition) is 8. The fraction of sp³-hybridized carbons (Fsp3) is 1.00. The van der Waals surface area contributed by atoms with Crippen LogP contribution in [0.5, 0.6) is 0 Å². The zero-order valence-corrected chi connectivity index (χ0v) is 7.42. The molecule has 0 spiro atoms. The summed E-state index contributed by atoms with van der Waals surface area (Å²) in [4.78, 5) is 9.06. The van der Waals surface area contributed by atoms with E-state index in [4.69, 9.17) is 10.2 Å². The van der Waals surface area contributed by atoms with Crippen molar-refractivity contribution in [3.05, 3.63) is 10.1 Å². The minimum Gasteiger partial charge on any atom is -0.394 e. The summed E-state index contributed by atoms with van der Waals surface area (Å²) in [6, 6.07) is 0. The average molecular weight is 225 g/mol. The molecule has 1 rings (SSSR count). The van der Waals surface area contributed by atoms with Crippen LogP contribution in [0, 0.1) is 10.1 Å². The molecular weight excluding hydrogens is 214 g/mol. The molecule has 0 radical (unpaired) electrons. The molecule has 0 amide bonds. The Bertz CT molecular complexity index is 260. The highest BCUT2D eigenvalue weighted by atomic mass is 16.7. The van der Waals surface area contributed by atoms with Gasteiger partial charge in [0, 0.05) is 0 Å². The summed E-state index contributed by atoms with van der Waals surface area (Å²) in [5.74, 6) is 0. The molecular formula is C6H11NO8. The molecule has 0 aromatic heterocycles. The third-order valence-electron chi connectivity index (χ3n) is 2.28. The van der Waals surface area contributed by atoms with Gasteiger partial charge in [0.1, 0.15) is 12.2 Å². The van der Waals surface area contributed by atoms with Crippen LogP contribution in [0.2, 0.25) is 0 Å². The van der Waals surface area contributed by atoms with E-state index >= 15 is 0 Å². The molecule has 88 valence electrons. The lowest BCUT2D eigenvalue weighted by molar-refractivity contribution is -0.675. The Hall–Kier alpha value is -0.840. The first-order valence-corrected chi connectivity index (χ1v) is 4.03. The zero-order valence-electron chi connectivity index (χ0n) is 7.42. The molecule has 0 bridgehead atoms. The molecule has 0 saturated carbocycles. The number of nitrogens with zero attached hydrogens (tertiary/aromatic N) is 1. The highest BCUT2D eigenvalue weighted by Gasteiger charge is 2.64. The van der Waals surface area contributed by atoms with Gasteiger partial charge in [-0.3, -0.25) is 10.1 Å². The van der Waals surface area contributed by atoms with Crippen molar-refractivity contribution in [2.75, 3.05) is 6.61 Å². The number of aliphatic hydroxyl groups is 5. The third kappa shape index (κ3) is 1.69. The lowest BCUT2D eigenvalue weighted by Gasteiger charge is -2.39. The largest absolute Gasteiger partial charge is 0.401 e. The lowest BCUT2D eigenvalue weighted by atomic mass is 9.94. The molecule has 9 nitrogen and oxygen atoms in total. The first-order valence-electron chi connectivity index (χ1n) is 4.03. The SMILES string of the molecule is O=[N+]([O-])[C@]1(O)[C@H](O)O[C@H](CO)[C@H](O)[C@@H]1O. The first kappa shape index (κ1) is 12.2. The number of nitro groups is 1. The Morgan fingerprint density at radius 2 is 1.93 bits per heavy atom. The van der Waals surface area contributed by atoms with Gasteiger partial charge in [-0.05, 0) is 0 Å². The van der Waals surface area contributed by atoms with Gasteiger partial charge in [-0.2, -0.15) is 0 Å². The Morgan fingerprint density at radius 3 is 2.33 bits per heavy atom. The molecule has 1 saturated heterocycles. The van der Waals surface area contributed by atoms with Crippen LogP contribution in [0.3, 0.4) is 0 Å². The summed E-state index contributed by atoms with van der Waals surface area (Å²) in [5, 5.41) is 55.9. The van der Waals surface area contributed by atoms with Gasteiger partial charge in [0.05, 0.1) is 11.5 Å². The van der Waals surface area contributed by atoms with Gasteiger partial charge < -0.3 is 30.3 Å². The maximum Gasteiger partial charge on any atom is 0.401 e. The van der Waals surface area contributed by atoms with Crippen LogP contribution in [0.4, 0.5) is 0 Å². The Kier molecular flexibility index (Phi) is 3.23. The smallest absolute Gasteiger partial charge is 0.394 e. The van der Waals surface area contributed by atoms with Crippen LogP contribution < -0.4 is 0 Å². The van der Waals surface area contributed by atoms with Crippen molar-refractivity contribution in [1.82, 2.24) is 0 Å². The van der Waals surface area contributed by atoms with Gasteiger partial charge in [-0.15, -0.1) is 0 Å². The summed E-state index contributed by atoms with van der Waals surface area (Å²) in [6.07, 6.45) is -7.85. The third-order valence-corrected chi connectivity index (χ3v) is 2.28. The van der Waals surface area contributed by atoms with Crippen LogP contribution in [-0.2, 0) is 4.74 Å². The quantitative estimate of drug-likeness (QED) is 0.183. The average Bonchev–Trinajstić information content (AvgIpc) is 2.20. The van der Waals surface area contributed by atoms with Crippen LogP contribution in [0.1, 0.15) is 0 Å². The van der Waals surface area contributed by atoms with Crippen molar-refractivity contribution in [2.45, 2.75) is 30.3 Å². The molecule has 5 N–H and O–H groups in total. The van der Waals surface area contributed by atoms with E-state index in [-0.39, 0.29) is 0 Å². The van der Waals surface area contributed by atoms with E-state index in [9.17, 15) is 25.4 Å². The van der Waals surface area contributed by atoms with Crippen molar-refractivity contribution in [1.29, 1.82) is 0 Å². The summed E-state index contributed by atoms with van der Waals surface area (Å²) < 4.78 is 4.40. The van der Waals surface area contributed by atoms with Crippen LogP contribution in [-0.4, -0.2) is 67.4 Å². The second kappa shape index (κ2) is 3.96. The van der Waals surface area contributed by atoms with E-state index in [1.807, 2.05) is 0 Å².